The summed E-state index contributed by atoms with van der Waals surface area (Å²) in [5, 5.41) is 20.0. The molecule has 0 spiro atoms. The zero-order chi connectivity index (χ0) is 32.3. The second kappa shape index (κ2) is 25.5. The highest BCUT2D eigenvalue weighted by molar-refractivity contribution is 5.78. The first-order valence-corrected chi connectivity index (χ1v) is 16.3. The SMILES string of the molecule is CCCC(=O)NCCOCCNC(=O)COCCOCCNC(=O)CCC1(NC(=O)CCCCCCCCCC(=O)O)CC1. The number of carboxylic acid groups (broad SMARTS) is 1. The molecule has 0 bridgehead atoms. The van der Waals surface area contributed by atoms with Gasteiger partial charge in [0.2, 0.25) is 23.6 Å². The molecule has 0 aromatic heterocycles. The molecule has 0 heterocycles. The molecule has 0 unspecified atom stereocenters. The number of hydrogen-bond donors (Lipinski definition) is 5. The summed E-state index contributed by atoms with van der Waals surface area (Å²) in [5.41, 5.74) is -0.237. The first-order chi connectivity index (χ1) is 21.3. The molecule has 4 amide bonds. The van der Waals surface area contributed by atoms with Crippen LogP contribution < -0.4 is 21.3 Å². The number of unbranched alkanes of at least 4 members (excludes halogenated alkanes) is 6. The highest BCUT2D eigenvalue weighted by Gasteiger charge is 2.43. The largest absolute Gasteiger partial charge is 0.481 e. The minimum absolute atomic E-state index is 0.00980. The van der Waals surface area contributed by atoms with E-state index in [1.165, 1.54) is 0 Å². The van der Waals surface area contributed by atoms with Crippen molar-refractivity contribution in [1.82, 2.24) is 21.3 Å². The first-order valence-electron chi connectivity index (χ1n) is 16.3. The van der Waals surface area contributed by atoms with Crippen LogP contribution in [0.2, 0.25) is 0 Å². The van der Waals surface area contributed by atoms with Gasteiger partial charge in [-0.25, -0.2) is 0 Å². The third kappa shape index (κ3) is 23.7. The predicted octanol–water partition coefficient (Wildman–Crippen LogP) is 2.21. The molecule has 0 aromatic carbocycles. The number of aliphatic carboxylic acids is 1. The average molecular weight is 629 g/mol. The van der Waals surface area contributed by atoms with Gasteiger partial charge in [0.1, 0.15) is 6.61 Å². The molecule has 1 aliphatic rings. The topological polar surface area (TPSA) is 181 Å². The molecule has 254 valence electrons. The molecule has 13 heteroatoms. The Hall–Kier alpha value is -2.77. The van der Waals surface area contributed by atoms with Crippen molar-refractivity contribution in [1.29, 1.82) is 0 Å². The van der Waals surface area contributed by atoms with Crippen LogP contribution in [0.4, 0.5) is 0 Å². The van der Waals surface area contributed by atoms with Crippen molar-refractivity contribution in [2.45, 2.75) is 109 Å². The zero-order valence-corrected chi connectivity index (χ0v) is 26.7. The van der Waals surface area contributed by atoms with Crippen LogP contribution in [0.5, 0.6) is 0 Å². The number of amides is 4. The van der Waals surface area contributed by atoms with Gasteiger partial charge in [-0.2, -0.15) is 0 Å². The quantitative estimate of drug-likeness (QED) is 0.0745. The van der Waals surface area contributed by atoms with Crippen LogP contribution in [0.3, 0.4) is 0 Å². The second-order valence-electron chi connectivity index (χ2n) is 11.3. The maximum atomic E-state index is 12.3. The van der Waals surface area contributed by atoms with E-state index in [9.17, 15) is 24.0 Å². The van der Waals surface area contributed by atoms with E-state index in [1.54, 1.807) is 0 Å². The Bertz CT molecular complexity index is 837. The number of carboxylic acids is 1. The van der Waals surface area contributed by atoms with Gasteiger partial charge in [-0.3, -0.25) is 24.0 Å². The van der Waals surface area contributed by atoms with Gasteiger partial charge >= 0.3 is 5.97 Å². The molecule has 0 saturated heterocycles. The smallest absolute Gasteiger partial charge is 0.303 e. The van der Waals surface area contributed by atoms with Crippen molar-refractivity contribution in [2.24, 2.45) is 0 Å². The van der Waals surface area contributed by atoms with E-state index in [0.29, 0.717) is 71.7 Å². The van der Waals surface area contributed by atoms with Crippen LogP contribution in [-0.2, 0) is 38.2 Å². The van der Waals surface area contributed by atoms with Crippen LogP contribution in [0.25, 0.3) is 0 Å². The van der Waals surface area contributed by atoms with Crippen LogP contribution >= 0.6 is 0 Å². The van der Waals surface area contributed by atoms with Crippen LogP contribution in [0.15, 0.2) is 0 Å². The molecule has 0 aromatic rings. The minimum atomic E-state index is -0.739. The van der Waals surface area contributed by atoms with E-state index in [0.717, 1.165) is 64.2 Å². The van der Waals surface area contributed by atoms with Gasteiger partial charge in [-0.15, -0.1) is 0 Å². The van der Waals surface area contributed by atoms with Gasteiger partial charge in [0, 0.05) is 50.9 Å². The summed E-state index contributed by atoms with van der Waals surface area (Å²) in [6.07, 6.45) is 11.5. The lowest BCUT2D eigenvalue weighted by Gasteiger charge is -2.17. The molecule has 5 N–H and O–H groups in total. The lowest BCUT2D eigenvalue weighted by Crippen LogP contribution is -2.38. The molecule has 1 saturated carbocycles. The Kier molecular flexibility index (Phi) is 22.8. The Labute approximate surface area is 262 Å². The minimum Gasteiger partial charge on any atom is -0.481 e. The zero-order valence-electron chi connectivity index (χ0n) is 26.7. The van der Waals surface area contributed by atoms with E-state index in [1.807, 2.05) is 6.92 Å². The fourth-order valence-corrected chi connectivity index (χ4v) is 4.47. The van der Waals surface area contributed by atoms with Crippen LogP contribution in [0, 0.1) is 0 Å². The van der Waals surface area contributed by atoms with E-state index < -0.39 is 5.97 Å². The average Bonchev–Trinajstić information content (AvgIpc) is 3.75. The van der Waals surface area contributed by atoms with Gasteiger partial charge < -0.3 is 40.6 Å². The molecule has 0 radical (unpaired) electrons. The summed E-state index contributed by atoms with van der Waals surface area (Å²) >= 11 is 0. The molecule has 0 atom stereocenters. The van der Waals surface area contributed by atoms with Gasteiger partial charge in [0.15, 0.2) is 0 Å². The summed E-state index contributed by atoms with van der Waals surface area (Å²) in [6.45, 7) is 4.68. The molecule has 13 nitrogen and oxygen atoms in total. The lowest BCUT2D eigenvalue weighted by molar-refractivity contribution is -0.137. The third-order valence-corrected chi connectivity index (χ3v) is 7.17. The maximum absolute atomic E-state index is 12.3. The molecule has 0 aliphatic heterocycles. The summed E-state index contributed by atoms with van der Waals surface area (Å²) in [6, 6.07) is 0. The van der Waals surface area contributed by atoms with E-state index >= 15 is 0 Å². The summed E-state index contributed by atoms with van der Waals surface area (Å²) in [7, 11) is 0. The number of carbonyl (C=O) groups is 5. The summed E-state index contributed by atoms with van der Waals surface area (Å²) in [5.74, 6) is -1.00. The molecule has 1 fully saturated rings. The summed E-state index contributed by atoms with van der Waals surface area (Å²) < 4.78 is 16.1. The van der Waals surface area contributed by atoms with Crippen molar-refractivity contribution < 1.29 is 43.3 Å². The van der Waals surface area contributed by atoms with Crippen LogP contribution in [0.1, 0.15) is 103 Å². The van der Waals surface area contributed by atoms with Crippen molar-refractivity contribution in [3.05, 3.63) is 0 Å². The fourth-order valence-electron chi connectivity index (χ4n) is 4.47. The molecule has 1 aliphatic carbocycles. The molecule has 1 rings (SSSR count). The van der Waals surface area contributed by atoms with Gasteiger partial charge in [0.25, 0.3) is 0 Å². The maximum Gasteiger partial charge on any atom is 0.303 e. The Morgan fingerprint density at radius 1 is 0.591 bits per heavy atom. The highest BCUT2D eigenvalue weighted by Crippen LogP contribution is 2.39. The van der Waals surface area contributed by atoms with E-state index in [-0.39, 0.29) is 48.8 Å². The number of hydrogen-bond acceptors (Lipinski definition) is 8. The van der Waals surface area contributed by atoms with Gasteiger partial charge in [-0.05, 0) is 38.5 Å². The lowest BCUT2D eigenvalue weighted by atomic mass is 10.1. The first kappa shape index (κ1) is 39.3. The van der Waals surface area contributed by atoms with Crippen molar-refractivity contribution in [3.63, 3.8) is 0 Å². The van der Waals surface area contributed by atoms with Crippen molar-refractivity contribution in [2.75, 3.05) is 59.3 Å². The van der Waals surface area contributed by atoms with Crippen molar-refractivity contribution in [3.8, 4) is 0 Å². The molecular formula is C31H56N4O9. The summed E-state index contributed by atoms with van der Waals surface area (Å²) in [4.78, 5) is 58.1. The van der Waals surface area contributed by atoms with Gasteiger partial charge in [0.05, 0.1) is 33.0 Å². The monoisotopic (exact) mass is 628 g/mol. The Morgan fingerprint density at radius 2 is 1.09 bits per heavy atom. The molecule has 44 heavy (non-hydrogen) atoms. The van der Waals surface area contributed by atoms with E-state index in [2.05, 4.69) is 21.3 Å². The van der Waals surface area contributed by atoms with Gasteiger partial charge in [-0.1, -0.05) is 39.0 Å². The Balaban J connectivity index is 1.90. The van der Waals surface area contributed by atoms with E-state index in [4.69, 9.17) is 19.3 Å². The Morgan fingerprint density at radius 3 is 1.66 bits per heavy atom. The van der Waals surface area contributed by atoms with Crippen LogP contribution in [-0.4, -0.2) is 99.5 Å². The normalized spacial score (nSPS) is 13.2. The number of rotatable bonds is 30. The highest BCUT2D eigenvalue weighted by atomic mass is 16.5. The van der Waals surface area contributed by atoms with Crippen molar-refractivity contribution >= 4 is 29.6 Å². The number of carbonyl (C=O) groups excluding carboxylic acids is 4. The fraction of sp³-hybridized carbons (Fsp3) is 0.839. The number of ether oxygens (including phenoxy) is 3. The number of nitrogens with one attached hydrogen (secondary N) is 4. The predicted molar refractivity (Wildman–Crippen MR) is 165 cm³/mol. The molecular weight excluding hydrogens is 572 g/mol. The third-order valence-electron chi connectivity index (χ3n) is 7.17. The second-order valence-corrected chi connectivity index (χ2v) is 11.3. The standard InChI is InChI=1S/C31H56N4O9/c1-2-10-26(36)32-17-20-42-21-19-34-29(39)25-44-24-23-43-22-18-33-27(37)13-14-31(15-16-31)35-28(38)11-8-6-4-3-5-7-9-12-30(40)41/h2-25H2,1H3,(H,32,36)(H,33,37)(H,34,39)(H,35,38)(H,40,41).